The van der Waals surface area contributed by atoms with Gasteiger partial charge in [0, 0.05) is 24.4 Å². The number of nitrogens with one attached hydrogen (secondary N) is 1. The third kappa shape index (κ3) is 5.16. The highest BCUT2D eigenvalue weighted by Gasteiger charge is 2.23. The number of benzene rings is 2. The molecule has 0 aliphatic carbocycles. The maximum atomic E-state index is 13.1. The van der Waals surface area contributed by atoms with Crippen molar-refractivity contribution in [2.45, 2.75) is 26.0 Å². The Bertz CT molecular complexity index is 1570. The number of aromatic nitrogens is 3. The maximum Gasteiger partial charge on any atom is 0.268 e. The first-order valence-corrected chi connectivity index (χ1v) is 12.4. The van der Waals surface area contributed by atoms with E-state index in [0.29, 0.717) is 33.4 Å². The molecule has 0 atom stereocenters. The first-order chi connectivity index (χ1) is 17.7. The molecule has 3 aromatic heterocycles. The summed E-state index contributed by atoms with van der Waals surface area (Å²) in [6, 6.07) is 19.7. The largest absolute Gasteiger partial charge is 0.389 e. The number of aliphatic hydroxyl groups is 1. The van der Waals surface area contributed by atoms with Crippen molar-refractivity contribution in [2.75, 3.05) is 17.3 Å². The fourth-order valence-corrected chi connectivity index (χ4v) is 4.82. The van der Waals surface area contributed by atoms with Gasteiger partial charge in [-0.3, -0.25) is 14.9 Å². The smallest absolute Gasteiger partial charge is 0.268 e. The number of carbonyl (C=O) groups excluding carboxylic acids is 2. The zero-order valence-corrected chi connectivity index (χ0v) is 21.3. The van der Waals surface area contributed by atoms with Crippen LogP contribution in [0.25, 0.3) is 21.7 Å². The second kappa shape index (κ2) is 9.64. The Hall–Kier alpha value is -4.28. The van der Waals surface area contributed by atoms with Crippen LogP contribution in [0.2, 0.25) is 0 Å². The van der Waals surface area contributed by atoms with Crippen molar-refractivity contribution >= 4 is 45.8 Å². The molecule has 0 unspecified atom stereocenters. The molecule has 0 saturated heterocycles. The second-order valence-corrected chi connectivity index (χ2v) is 10.3. The van der Waals surface area contributed by atoms with E-state index >= 15 is 0 Å². The summed E-state index contributed by atoms with van der Waals surface area (Å²) in [7, 11) is 1.70. The van der Waals surface area contributed by atoms with Crippen LogP contribution in [0.4, 0.5) is 11.6 Å². The second-order valence-electron chi connectivity index (χ2n) is 9.23. The van der Waals surface area contributed by atoms with Crippen LogP contribution in [0.3, 0.4) is 0 Å². The van der Waals surface area contributed by atoms with Crippen molar-refractivity contribution in [3.05, 3.63) is 83.4 Å². The number of amides is 2. The summed E-state index contributed by atoms with van der Waals surface area (Å²) in [4.78, 5) is 33.5. The van der Waals surface area contributed by atoms with Gasteiger partial charge in [-0.2, -0.15) is 0 Å². The molecule has 2 N–H and O–H groups in total. The predicted molar refractivity (Wildman–Crippen MR) is 143 cm³/mol. The van der Waals surface area contributed by atoms with E-state index in [1.54, 1.807) is 73.0 Å². The summed E-state index contributed by atoms with van der Waals surface area (Å²) < 4.78 is 6.94. The molecule has 0 spiro atoms. The van der Waals surface area contributed by atoms with E-state index in [9.17, 15) is 14.7 Å². The molecule has 0 aliphatic heterocycles. The molecule has 2 aromatic carbocycles. The number of hydrogen-bond donors (Lipinski definition) is 2. The third-order valence-corrected chi connectivity index (χ3v) is 6.82. The van der Waals surface area contributed by atoms with Crippen molar-refractivity contribution < 1.29 is 19.2 Å². The van der Waals surface area contributed by atoms with Crippen LogP contribution in [0.5, 0.6) is 0 Å². The van der Waals surface area contributed by atoms with Gasteiger partial charge in [0.05, 0.1) is 39.1 Å². The summed E-state index contributed by atoms with van der Waals surface area (Å²) in [5, 5.41) is 17.1. The standard InChI is InChI=1S/C27H25N5O4S/c1-27(2,35)16-32-20-10-9-18(31(3)25(34)17-7-5-4-6-8-17)15-19(20)29-26(32)30-24(33)23-12-11-22(37-23)21-13-14-28-36-21/h4-15,35H,16H2,1-3H3,(H,29,30,33). The first kappa shape index (κ1) is 24.4. The Morgan fingerprint density at radius 3 is 2.59 bits per heavy atom. The average molecular weight is 516 g/mol. The number of thiophene rings is 1. The molecule has 3 heterocycles. The van der Waals surface area contributed by atoms with Gasteiger partial charge < -0.3 is 19.1 Å². The quantitative estimate of drug-likeness (QED) is 0.314. The zero-order chi connectivity index (χ0) is 26.2. The van der Waals surface area contributed by atoms with Crippen LogP contribution in [0, 0.1) is 0 Å². The Kier molecular flexibility index (Phi) is 6.36. The first-order valence-electron chi connectivity index (χ1n) is 11.6. The molecule has 5 aromatic rings. The van der Waals surface area contributed by atoms with Gasteiger partial charge in [-0.1, -0.05) is 23.4 Å². The predicted octanol–water partition coefficient (Wildman–Crippen LogP) is 5.05. The lowest BCUT2D eigenvalue weighted by molar-refractivity contribution is 0.0630. The Labute approximate surface area is 217 Å². The van der Waals surface area contributed by atoms with Crippen molar-refractivity contribution in [1.29, 1.82) is 0 Å². The topological polar surface area (TPSA) is 113 Å². The van der Waals surface area contributed by atoms with Gasteiger partial charge in [0.25, 0.3) is 11.8 Å². The number of fused-ring (bicyclic) bond motifs is 1. The van der Waals surface area contributed by atoms with Crippen LogP contribution in [-0.2, 0) is 6.54 Å². The number of carbonyl (C=O) groups is 2. The van der Waals surface area contributed by atoms with Gasteiger partial charge in [0.2, 0.25) is 5.95 Å². The van der Waals surface area contributed by atoms with Crippen LogP contribution in [0.15, 0.2) is 77.4 Å². The summed E-state index contributed by atoms with van der Waals surface area (Å²) in [6.07, 6.45) is 1.55. The highest BCUT2D eigenvalue weighted by molar-refractivity contribution is 7.17. The summed E-state index contributed by atoms with van der Waals surface area (Å²) in [6.45, 7) is 3.58. The highest BCUT2D eigenvalue weighted by atomic mass is 32.1. The minimum Gasteiger partial charge on any atom is -0.389 e. The van der Waals surface area contributed by atoms with E-state index in [1.807, 2.05) is 30.3 Å². The molecule has 0 aliphatic rings. The molecule has 9 nitrogen and oxygen atoms in total. The SMILES string of the molecule is CN(C(=O)c1ccccc1)c1ccc2c(c1)nc(NC(=O)c1ccc(-c3ccno3)s1)n2CC(C)(C)O. The van der Waals surface area contributed by atoms with Crippen LogP contribution in [-0.4, -0.2) is 44.3 Å². The summed E-state index contributed by atoms with van der Waals surface area (Å²) in [5.41, 5.74) is 1.47. The van der Waals surface area contributed by atoms with Crippen LogP contribution >= 0.6 is 11.3 Å². The van der Waals surface area contributed by atoms with Crippen molar-refractivity contribution in [1.82, 2.24) is 14.7 Å². The molecule has 0 radical (unpaired) electrons. The number of rotatable bonds is 7. The van der Waals surface area contributed by atoms with Crippen molar-refractivity contribution in [2.24, 2.45) is 0 Å². The van der Waals surface area contributed by atoms with Gasteiger partial charge in [0.1, 0.15) is 0 Å². The minimum absolute atomic E-state index is 0.148. The molecule has 0 fully saturated rings. The molecule has 2 amide bonds. The molecular formula is C27H25N5O4S. The average Bonchev–Trinajstić information content (AvgIpc) is 3.63. The van der Waals surface area contributed by atoms with Gasteiger partial charge in [-0.15, -0.1) is 11.3 Å². The lowest BCUT2D eigenvalue weighted by atomic mass is 10.1. The summed E-state index contributed by atoms with van der Waals surface area (Å²) >= 11 is 1.27. The zero-order valence-electron chi connectivity index (χ0n) is 20.5. The van der Waals surface area contributed by atoms with Gasteiger partial charge in [0.15, 0.2) is 5.76 Å². The van der Waals surface area contributed by atoms with E-state index < -0.39 is 5.60 Å². The number of anilines is 2. The van der Waals surface area contributed by atoms with Gasteiger partial charge in [-0.25, -0.2) is 4.98 Å². The fraction of sp³-hybridized carbons (Fsp3) is 0.185. The molecule has 10 heteroatoms. The normalized spacial score (nSPS) is 11.6. The fourth-order valence-electron chi connectivity index (χ4n) is 3.96. The number of nitrogens with zero attached hydrogens (tertiary/aromatic N) is 4. The maximum absolute atomic E-state index is 13.1. The minimum atomic E-state index is -1.06. The Morgan fingerprint density at radius 1 is 1.11 bits per heavy atom. The van der Waals surface area contributed by atoms with Crippen LogP contribution < -0.4 is 10.2 Å². The highest BCUT2D eigenvalue weighted by Crippen LogP contribution is 2.30. The van der Waals surface area contributed by atoms with E-state index in [0.717, 1.165) is 10.4 Å². The lowest BCUT2D eigenvalue weighted by Crippen LogP contribution is -2.27. The van der Waals surface area contributed by atoms with E-state index in [-0.39, 0.29) is 18.4 Å². The van der Waals surface area contributed by atoms with Crippen molar-refractivity contribution in [3.63, 3.8) is 0 Å². The van der Waals surface area contributed by atoms with Gasteiger partial charge >= 0.3 is 0 Å². The Morgan fingerprint density at radius 2 is 1.89 bits per heavy atom. The number of hydrogen-bond acceptors (Lipinski definition) is 7. The molecular weight excluding hydrogens is 490 g/mol. The molecule has 0 saturated carbocycles. The number of imidazole rings is 1. The van der Waals surface area contributed by atoms with Gasteiger partial charge in [-0.05, 0) is 56.3 Å². The molecule has 5 rings (SSSR count). The van der Waals surface area contributed by atoms with E-state index in [1.165, 1.54) is 11.3 Å². The third-order valence-electron chi connectivity index (χ3n) is 5.73. The van der Waals surface area contributed by atoms with Crippen LogP contribution in [0.1, 0.15) is 33.9 Å². The van der Waals surface area contributed by atoms with E-state index in [2.05, 4.69) is 15.5 Å². The monoisotopic (exact) mass is 515 g/mol. The van der Waals surface area contributed by atoms with E-state index in [4.69, 9.17) is 4.52 Å². The summed E-state index contributed by atoms with van der Waals surface area (Å²) in [5.74, 6) is 0.398. The molecule has 0 bridgehead atoms. The Balaban J connectivity index is 1.46. The molecule has 37 heavy (non-hydrogen) atoms. The van der Waals surface area contributed by atoms with Crippen molar-refractivity contribution in [3.8, 4) is 10.6 Å². The molecule has 188 valence electrons. The lowest BCUT2D eigenvalue weighted by Gasteiger charge is -2.20.